The van der Waals surface area contributed by atoms with E-state index in [4.69, 9.17) is 4.74 Å². The lowest BCUT2D eigenvalue weighted by atomic mass is 9.99. The minimum absolute atomic E-state index is 0.204. The molecule has 2 heterocycles. The SMILES string of the molecule is CC[C@@]1(C)NC(=O)N(CC(=O)N2CCN(c3cccc(OC)c3)CC2)C1=O. The smallest absolute Gasteiger partial charge is 0.325 e. The number of rotatable bonds is 5. The molecule has 1 aromatic rings. The Balaban J connectivity index is 1.57. The highest BCUT2D eigenvalue weighted by atomic mass is 16.5. The molecule has 27 heavy (non-hydrogen) atoms. The van der Waals surface area contributed by atoms with Gasteiger partial charge in [0.1, 0.15) is 17.8 Å². The number of imide groups is 1. The maximum absolute atomic E-state index is 12.6. The lowest BCUT2D eigenvalue weighted by molar-refractivity contribution is -0.139. The number of benzene rings is 1. The number of hydrogen-bond donors (Lipinski definition) is 1. The normalized spacial score (nSPS) is 22.9. The molecule has 0 spiro atoms. The second-order valence-corrected chi connectivity index (χ2v) is 7.08. The van der Waals surface area contributed by atoms with Crippen molar-refractivity contribution in [2.24, 2.45) is 0 Å². The van der Waals surface area contributed by atoms with Crippen molar-refractivity contribution in [1.82, 2.24) is 15.1 Å². The van der Waals surface area contributed by atoms with Crippen molar-refractivity contribution < 1.29 is 19.1 Å². The summed E-state index contributed by atoms with van der Waals surface area (Å²) in [6.45, 7) is 5.78. The Labute approximate surface area is 159 Å². The van der Waals surface area contributed by atoms with Gasteiger partial charge in [-0.3, -0.25) is 14.5 Å². The maximum Gasteiger partial charge on any atom is 0.325 e. The van der Waals surface area contributed by atoms with Crippen LogP contribution in [0.15, 0.2) is 24.3 Å². The number of anilines is 1. The molecule has 8 heteroatoms. The van der Waals surface area contributed by atoms with Crippen LogP contribution in [-0.4, -0.2) is 73.0 Å². The number of amides is 4. The van der Waals surface area contributed by atoms with E-state index in [0.29, 0.717) is 32.6 Å². The average Bonchev–Trinajstić information content (AvgIpc) is 2.91. The molecule has 1 aromatic carbocycles. The van der Waals surface area contributed by atoms with Crippen LogP contribution in [0.25, 0.3) is 0 Å². The molecule has 1 atom stereocenters. The molecule has 0 bridgehead atoms. The topological polar surface area (TPSA) is 82.2 Å². The molecule has 2 saturated heterocycles. The Kier molecular flexibility index (Phi) is 5.25. The molecule has 8 nitrogen and oxygen atoms in total. The van der Waals surface area contributed by atoms with Crippen LogP contribution in [-0.2, 0) is 9.59 Å². The van der Waals surface area contributed by atoms with Crippen LogP contribution in [0.4, 0.5) is 10.5 Å². The van der Waals surface area contributed by atoms with Crippen molar-refractivity contribution in [1.29, 1.82) is 0 Å². The zero-order chi connectivity index (χ0) is 19.6. The summed E-state index contributed by atoms with van der Waals surface area (Å²) in [6, 6.07) is 7.32. The molecule has 4 amide bonds. The number of carbonyl (C=O) groups excluding carboxylic acids is 3. The molecule has 1 N–H and O–H groups in total. The summed E-state index contributed by atoms with van der Waals surface area (Å²) in [5, 5.41) is 2.67. The summed E-state index contributed by atoms with van der Waals surface area (Å²) >= 11 is 0. The minimum atomic E-state index is -0.914. The molecule has 0 saturated carbocycles. The number of nitrogens with one attached hydrogen (secondary N) is 1. The Morgan fingerprint density at radius 3 is 2.52 bits per heavy atom. The predicted octanol–water partition coefficient (Wildman–Crippen LogP) is 1.06. The van der Waals surface area contributed by atoms with Gasteiger partial charge in [-0.25, -0.2) is 4.79 Å². The third kappa shape index (κ3) is 3.70. The summed E-state index contributed by atoms with van der Waals surface area (Å²) < 4.78 is 5.26. The number of urea groups is 1. The molecule has 0 aliphatic carbocycles. The lowest BCUT2D eigenvalue weighted by Gasteiger charge is -2.36. The molecular formula is C19H26N4O4. The minimum Gasteiger partial charge on any atom is -0.497 e. The van der Waals surface area contributed by atoms with E-state index in [2.05, 4.69) is 10.2 Å². The number of ether oxygens (including phenoxy) is 1. The number of piperazine rings is 1. The van der Waals surface area contributed by atoms with Crippen LogP contribution in [0.5, 0.6) is 5.75 Å². The van der Waals surface area contributed by atoms with Gasteiger partial charge in [-0.15, -0.1) is 0 Å². The van der Waals surface area contributed by atoms with Crippen LogP contribution >= 0.6 is 0 Å². The molecule has 0 unspecified atom stereocenters. The van der Waals surface area contributed by atoms with E-state index < -0.39 is 11.6 Å². The summed E-state index contributed by atoms with van der Waals surface area (Å²) in [6.07, 6.45) is 0.488. The number of nitrogens with zero attached hydrogens (tertiary/aromatic N) is 3. The van der Waals surface area contributed by atoms with E-state index >= 15 is 0 Å². The Morgan fingerprint density at radius 2 is 1.93 bits per heavy atom. The van der Waals surface area contributed by atoms with Crippen molar-refractivity contribution in [3.05, 3.63) is 24.3 Å². The van der Waals surface area contributed by atoms with E-state index in [1.807, 2.05) is 31.2 Å². The highest BCUT2D eigenvalue weighted by Crippen LogP contribution is 2.23. The van der Waals surface area contributed by atoms with Gasteiger partial charge in [0, 0.05) is 37.9 Å². The van der Waals surface area contributed by atoms with Gasteiger partial charge in [0.15, 0.2) is 0 Å². The van der Waals surface area contributed by atoms with Gasteiger partial charge in [0.25, 0.3) is 5.91 Å². The molecule has 146 valence electrons. The Bertz CT molecular complexity index is 745. The van der Waals surface area contributed by atoms with E-state index in [0.717, 1.165) is 16.3 Å². The maximum atomic E-state index is 12.6. The highest BCUT2D eigenvalue weighted by molar-refractivity contribution is 6.08. The Morgan fingerprint density at radius 1 is 1.22 bits per heavy atom. The fourth-order valence-corrected chi connectivity index (χ4v) is 3.39. The standard InChI is InChI=1S/C19H26N4O4/c1-4-19(2)17(25)23(18(26)20-19)13-16(24)22-10-8-21(9-11-22)14-6-5-7-15(12-14)27-3/h5-7,12H,4,8-11,13H2,1-3H3,(H,20,26)/t19-/m1/s1. The summed E-state index contributed by atoms with van der Waals surface area (Å²) in [7, 11) is 1.63. The molecule has 0 radical (unpaired) electrons. The Hall–Kier alpha value is -2.77. The third-order valence-corrected chi connectivity index (χ3v) is 5.40. The fraction of sp³-hybridized carbons (Fsp3) is 0.526. The predicted molar refractivity (Wildman–Crippen MR) is 101 cm³/mol. The number of carbonyl (C=O) groups is 3. The van der Waals surface area contributed by atoms with Gasteiger partial charge in [-0.1, -0.05) is 13.0 Å². The van der Waals surface area contributed by atoms with E-state index in [1.165, 1.54) is 0 Å². The molecule has 2 fully saturated rings. The molecule has 2 aliphatic rings. The number of methoxy groups -OCH3 is 1. The average molecular weight is 374 g/mol. The van der Waals surface area contributed by atoms with Gasteiger partial charge >= 0.3 is 6.03 Å². The van der Waals surface area contributed by atoms with Crippen LogP contribution in [0.3, 0.4) is 0 Å². The largest absolute Gasteiger partial charge is 0.497 e. The summed E-state index contributed by atoms with van der Waals surface area (Å²) in [5.41, 5.74) is 0.136. The second-order valence-electron chi connectivity index (χ2n) is 7.08. The zero-order valence-corrected chi connectivity index (χ0v) is 16.0. The van der Waals surface area contributed by atoms with Crippen LogP contribution in [0.2, 0.25) is 0 Å². The monoisotopic (exact) mass is 374 g/mol. The number of hydrogen-bond acceptors (Lipinski definition) is 5. The van der Waals surface area contributed by atoms with Gasteiger partial charge < -0.3 is 19.9 Å². The van der Waals surface area contributed by atoms with Crippen LogP contribution in [0.1, 0.15) is 20.3 Å². The molecular weight excluding hydrogens is 348 g/mol. The van der Waals surface area contributed by atoms with Gasteiger partial charge in [-0.2, -0.15) is 0 Å². The summed E-state index contributed by atoms with van der Waals surface area (Å²) in [4.78, 5) is 42.0. The molecule has 2 aliphatic heterocycles. The molecule has 3 rings (SSSR count). The quantitative estimate of drug-likeness (QED) is 0.780. The first kappa shape index (κ1) is 19.0. The molecule has 0 aromatic heterocycles. The lowest BCUT2D eigenvalue weighted by Crippen LogP contribution is -2.52. The van der Waals surface area contributed by atoms with Crippen molar-refractivity contribution >= 4 is 23.5 Å². The summed E-state index contributed by atoms with van der Waals surface area (Å²) in [5.74, 6) is 0.256. The van der Waals surface area contributed by atoms with E-state index in [9.17, 15) is 14.4 Å². The van der Waals surface area contributed by atoms with Gasteiger partial charge in [0.2, 0.25) is 5.91 Å². The van der Waals surface area contributed by atoms with E-state index in [1.54, 1.807) is 18.9 Å². The van der Waals surface area contributed by atoms with Crippen molar-refractivity contribution in [2.75, 3.05) is 44.7 Å². The zero-order valence-electron chi connectivity index (χ0n) is 16.0. The van der Waals surface area contributed by atoms with Crippen LogP contribution < -0.4 is 15.0 Å². The van der Waals surface area contributed by atoms with E-state index in [-0.39, 0.29) is 18.4 Å². The highest BCUT2D eigenvalue weighted by Gasteiger charge is 2.47. The van der Waals surface area contributed by atoms with Crippen LogP contribution in [0, 0.1) is 0 Å². The first-order valence-corrected chi connectivity index (χ1v) is 9.19. The second kappa shape index (κ2) is 7.46. The first-order valence-electron chi connectivity index (χ1n) is 9.19. The van der Waals surface area contributed by atoms with Crippen molar-refractivity contribution in [3.8, 4) is 5.75 Å². The third-order valence-electron chi connectivity index (χ3n) is 5.40. The van der Waals surface area contributed by atoms with Crippen molar-refractivity contribution in [3.63, 3.8) is 0 Å². The first-order chi connectivity index (χ1) is 12.9. The van der Waals surface area contributed by atoms with Gasteiger partial charge in [0.05, 0.1) is 7.11 Å². The van der Waals surface area contributed by atoms with Crippen molar-refractivity contribution in [2.45, 2.75) is 25.8 Å². The fourth-order valence-electron chi connectivity index (χ4n) is 3.39. The van der Waals surface area contributed by atoms with Gasteiger partial charge in [-0.05, 0) is 25.5 Å².